The van der Waals surface area contributed by atoms with Crippen molar-refractivity contribution in [3.05, 3.63) is 35.1 Å². The molecule has 2 N–H and O–H groups in total. The molecule has 18 heavy (non-hydrogen) atoms. The molecule has 1 aromatic rings. The summed E-state index contributed by atoms with van der Waals surface area (Å²) in [6, 6.07) is 1.27. The van der Waals surface area contributed by atoms with E-state index in [9.17, 15) is 13.2 Å². The van der Waals surface area contributed by atoms with Crippen LogP contribution in [0.3, 0.4) is 0 Å². The third kappa shape index (κ3) is 3.97. The SMILES string of the molecule is COCCOCCC(N)c1ccc(F)c(F)c1F. The first-order valence-corrected chi connectivity index (χ1v) is 5.53. The number of nitrogens with two attached hydrogens (primary N) is 1. The summed E-state index contributed by atoms with van der Waals surface area (Å²) in [4.78, 5) is 0. The van der Waals surface area contributed by atoms with Crippen molar-refractivity contribution < 1.29 is 22.6 Å². The van der Waals surface area contributed by atoms with Gasteiger partial charge in [-0.1, -0.05) is 6.07 Å². The van der Waals surface area contributed by atoms with Gasteiger partial charge in [0, 0.05) is 25.3 Å². The van der Waals surface area contributed by atoms with E-state index in [1.54, 1.807) is 7.11 Å². The van der Waals surface area contributed by atoms with Crippen molar-refractivity contribution >= 4 is 0 Å². The molecule has 0 aliphatic carbocycles. The molecular weight excluding hydrogens is 247 g/mol. The zero-order chi connectivity index (χ0) is 13.5. The summed E-state index contributed by atoms with van der Waals surface area (Å²) in [5, 5.41) is 0. The van der Waals surface area contributed by atoms with Crippen LogP contribution in [0.2, 0.25) is 0 Å². The maximum Gasteiger partial charge on any atom is 0.194 e. The van der Waals surface area contributed by atoms with Gasteiger partial charge in [0.15, 0.2) is 17.5 Å². The molecule has 0 saturated heterocycles. The normalized spacial score (nSPS) is 12.7. The number of benzene rings is 1. The van der Waals surface area contributed by atoms with E-state index in [1.165, 1.54) is 0 Å². The van der Waals surface area contributed by atoms with E-state index in [2.05, 4.69) is 0 Å². The predicted octanol–water partition coefficient (Wildman–Crippen LogP) is 2.16. The Morgan fingerprint density at radius 2 is 1.83 bits per heavy atom. The van der Waals surface area contributed by atoms with Gasteiger partial charge in [0.2, 0.25) is 0 Å². The average Bonchev–Trinajstić information content (AvgIpc) is 2.35. The Bertz CT molecular complexity index is 388. The summed E-state index contributed by atoms with van der Waals surface area (Å²) in [6.07, 6.45) is 0.311. The molecule has 0 saturated carbocycles. The van der Waals surface area contributed by atoms with Crippen LogP contribution in [0.1, 0.15) is 18.0 Å². The van der Waals surface area contributed by atoms with Gasteiger partial charge in [-0.15, -0.1) is 0 Å². The molecule has 0 fully saturated rings. The van der Waals surface area contributed by atoms with Gasteiger partial charge in [-0.25, -0.2) is 13.2 Å². The molecular formula is C12H16F3NO2. The standard InChI is InChI=1S/C12H16F3NO2/c1-17-6-7-18-5-4-10(16)8-2-3-9(13)12(15)11(8)14/h2-3,10H,4-7,16H2,1H3. The van der Waals surface area contributed by atoms with E-state index in [1.807, 2.05) is 0 Å². The lowest BCUT2D eigenvalue weighted by molar-refractivity contribution is 0.0670. The molecule has 0 radical (unpaired) electrons. The Balaban J connectivity index is 2.51. The molecule has 1 atom stereocenters. The largest absolute Gasteiger partial charge is 0.382 e. The highest BCUT2D eigenvalue weighted by Gasteiger charge is 2.17. The van der Waals surface area contributed by atoms with E-state index < -0.39 is 23.5 Å². The van der Waals surface area contributed by atoms with Gasteiger partial charge in [0.05, 0.1) is 13.2 Å². The monoisotopic (exact) mass is 263 g/mol. The fraction of sp³-hybridized carbons (Fsp3) is 0.500. The minimum Gasteiger partial charge on any atom is -0.382 e. The molecule has 0 aliphatic heterocycles. The molecule has 0 aliphatic rings. The molecule has 0 bridgehead atoms. The zero-order valence-corrected chi connectivity index (χ0v) is 10.1. The van der Waals surface area contributed by atoms with Gasteiger partial charge >= 0.3 is 0 Å². The second-order valence-electron chi connectivity index (χ2n) is 3.76. The van der Waals surface area contributed by atoms with E-state index in [0.29, 0.717) is 26.2 Å². The van der Waals surface area contributed by atoms with Crippen molar-refractivity contribution in [3.8, 4) is 0 Å². The van der Waals surface area contributed by atoms with Crippen LogP contribution in [0, 0.1) is 17.5 Å². The maximum absolute atomic E-state index is 13.4. The van der Waals surface area contributed by atoms with Gasteiger partial charge in [-0.3, -0.25) is 0 Å². The molecule has 3 nitrogen and oxygen atoms in total. The summed E-state index contributed by atoms with van der Waals surface area (Å²) < 4.78 is 49.0. The smallest absolute Gasteiger partial charge is 0.194 e. The highest BCUT2D eigenvalue weighted by molar-refractivity contribution is 5.23. The Labute approximate surface area is 104 Å². The quantitative estimate of drug-likeness (QED) is 0.605. The van der Waals surface area contributed by atoms with E-state index >= 15 is 0 Å². The summed E-state index contributed by atoms with van der Waals surface area (Å²) in [7, 11) is 1.55. The molecule has 1 rings (SSSR count). The third-order valence-corrected chi connectivity index (χ3v) is 2.47. The Morgan fingerprint density at radius 1 is 1.11 bits per heavy atom. The summed E-state index contributed by atoms with van der Waals surface area (Å²) in [5.41, 5.74) is 5.64. The van der Waals surface area contributed by atoms with E-state index in [-0.39, 0.29) is 5.56 Å². The highest BCUT2D eigenvalue weighted by Crippen LogP contribution is 2.21. The lowest BCUT2D eigenvalue weighted by Gasteiger charge is -2.13. The summed E-state index contributed by atoms with van der Waals surface area (Å²) in [6.45, 7) is 1.15. The van der Waals surface area contributed by atoms with Crippen LogP contribution in [0.4, 0.5) is 13.2 Å². The number of hydrogen-bond donors (Lipinski definition) is 1. The van der Waals surface area contributed by atoms with Crippen LogP contribution in [-0.2, 0) is 9.47 Å². The van der Waals surface area contributed by atoms with E-state index in [0.717, 1.165) is 12.1 Å². The fourth-order valence-corrected chi connectivity index (χ4v) is 1.44. The number of ether oxygens (including phenoxy) is 2. The first kappa shape index (κ1) is 14.9. The predicted molar refractivity (Wildman–Crippen MR) is 60.6 cm³/mol. The van der Waals surface area contributed by atoms with Crippen molar-refractivity contribution in [3.63, 3.8) is 0 Å². The molecule has 102 valence electrons. The second kappa shape index (κ2) is 7.35. The third-order valence-electron chi connectivity index (χ3n) is 2.47. The fourth-order valence-electron chi connectivity index (χ4n) is 1.44. The molecule has 1 aromatic carbocycles. The zero-order valence-electron chi connectivity index (χ0n) is 10.1. The van der Waals surface area contributed by atoms with Gasteiger partial charge in [-0.05, 0) is 12.5 Å². The molecule has 6 heteroatoms. The minimum atomic E-state index is -1.50. The van der Waals surface area contributed by atoms with Crippen molar-refractivity contribution in [1.29, 1.82) is 0 Å². The van der Waals surface area contributed by atoms with Crippen LogP contribution in [-0.4, -0.2) is 26.9 Å². The number of rotatable bonds is 7. The van der Waals surface area contributed by atoms with Crippen molar-refractivity contribution in [2.45, 2.75) is 12.5 Å². The number of hydrogen-bond acceptors (Lipinski definition) is 3. The lowest BCUT2D eigenvalue weighted by Crippen LogP contribution is -2.16. The van der Waals surface area contributed by atoms with Crippen LogP contribution < -0.4 is 5.73 Å². The van der Waals surface area contributed by atoms with Crippen LogP contribution in [0.5, 0.6) is 0 Å². The molecule has 0 heterocycles. The van der Waals surface area contributed by atoms with Gasteiger partial charge in [-0.2, -0.15) is 0 Å². The van der Waals surface area contributed by atoms with Crippen LogP contribution in [0.15, 0.2) is 12.1 Å². The molecule has 1 unspecified atom stereocenters. The van der Waals surface area contributed by atoms with Gasteiger partial charge in [0.25, 0.3) is 0 Å². The number of methoxy groups -OCH3 is 1. The van der Waals surface area contributed by atoms with E-state index in [4.69, 9.17) is 15.2 Å². The maximum atomic E-state index is 13.4. The van der Waals surface area contributed by atoms with Gasteiger partial charge in [0.1, 0.15) is 0 Å². The summed E-state index contributed by atoms with van der Waals surface area (Å²) >= 11 is 0. The Morgan fingerprint density at radius 3 is 2.50 bits per heavy atom. The van der Waals surface area contributed by atoms with Crippen LogP contribution >= 0.6 is 0 Å². The van der Waals surface area contributed by atoms with Crippen molar-refractivity contribution in [2.75, 3.05) is 26.9 Å². The second-order valence-corrected chi connectivity index (χ2v) is 3.76. The molecule has 0 spiro atoms. The minimum absolute atomic E-state index is 0.0516. The molecule has 0 amide bonds. The lowest BCUT2D eigenvalue weighted by atomic mass is 10.0. The molecule has 0 aromatic heterocycles. The number of halogens is 3. The van der Waals surface area contributed by atoms with Crippen molar-refractivity contribution in [2.24, 2.45) is 5.73 Å². The van der Waals surface area contributed by atoms with Gasteiger partial charge < -0.3 is 15.2 Å². The Kier molecular flexibility index (Phi) is 6.11. The highest BCUT2D eigenvalue weighted by atomic mass is 19.2. The average molecular weight is 263 g/mol. The topological polar surface area (TPSA) is 44.5 Å². The first-order chi connectivity index (χ1) is 8.57. The van der Waals surface area contributed by atoms with Crippen molar-refractivity contribution in [1.82, 2.24) is 0 Å². The first-order valence-electron chi connectivity index (χ1n) is 5.53. The van der Waals surface area contributed by atoms with Crippen LogP contribution in [0.25, 0.3) is 0 Å². The summed E-state index contributed by atoms with van der Waals surface area (Å²) in [5.74, 6) is -3.96. The Hall–Kier alpha value is -1.11.